The van der Waals surface area contributed by atoms with Gasteiger partial charge in [0.1, 0.15) is 0 Å². The Morgan fingerprint density at radius 2 is 2.80 bits per heavy atom. The molecule has 0 N–H and O–H groups in total. The third-order valence-corrected chi connectivity index (χ3v) is 4.45. The fourth-order valence-corrected chi connectivity index (χ4v) is 3.67. The summed E-state index contributed by atoms with van der Waals surface area (Å²) in [5, 5.41) is 0. The number of rotatable bonds is 0. The van der Waals surface area contributed by atoms with Gasteiger partial charge in [-0.1, -0.05) is 0 Å². The summed E-state index contributed by atoms with van der Waals surface area (Å²) in [6.45, 7) is 1.67. The second kappa shape index (κ2) is 1.90. The Morgan fingerprint density at radius 1 is 1.80 bits per heavy atom. The van der Waals surface area contributed by atoms with Crippen LogP contribution in [0.1, 0.15) is 0 Å². The first-order valence-corrected chi connectivity index (χ1v) is 6.15. The predicted molar refractivity (Wildman–Crippen MR) is 26.7 cm³/mol. The average molecular weight is 146 g/mol. The van der Waals surface area contributed by atoms with E-state index in [4.69, 9.17) is 0 Å². The van der Waals surface area contributed by atoms with Crippen molar-refractivity contribution in [3.05, 3.63) is 10.9 Å². The van der Waals surface area contributed by atoms with Crippen LogP contribution in [0.25, 0.3) is 0 Å². The molecule has 0 spiro atoms. The van der Waals surface area contributed by atoms with Crippen LogP contribution >= 0.6 is 6.69 Å². The van der Waals surface area contributed by atoms with Crippen molar-refractivity contribution in [2.45, 2.75) is 0 Å². The zero-order chi connectivity index (χ0) is 3.54. The van der Waals surface area contributed by atoms with Crippen LogP contribution in [-0.4, -0.2) is 21.0 Å². The Bertz CT molecular complexity index is 65.0. The van der Waals surface area contributed by atoms with Gasteiger partial charge in [0.05, 0.1) is 0 Å². The van der Waals surface area contributed by atoms with Gasteiger partial charge in [-0.25, -0.2) is 0 Å². The van der Waals surface area contributed by atoms with Crippen LogP contribution in [-0.2, 0) is 0 Å². The van der Waals surface area contributed by atoms with E-state index >= 15 is 0 Å². The maximum absolute atomic E-state index is 2.32. The molecular weight excluding hydrogens is 142 g/mol. The van der Waals surface area contributed by atoms with E-state index in [0.29, 0.717) is 14.8 Å². The number of hydrogen-bond acceptors (Lipinski definition) is 0. The van der Waals surface area contributed by atoms with Crippen molar-refractivity contribution in [3.63, 3.8) is 0 Å². The van der Waals surface area contributed by atoms with E-state index in [1.807, 2.05) is 0 Å². The summed E-state index contributed by atoms with van der Waals surface area (Å²) < 4.78 is 0. The van der Waals surface area contributed by atoms with Crippen molar-refractivity contribution in [2.24, 2.45) is 0 Å². The van der Waals surface area contributed by atoms with Crippen LogP contribution < -0.4 is 0 Å². The first-order chi connectivity index (χ1) is 2.50. The molecule has 0 saturated heterocycles. The van der Waals surface area contributed by atoms with Crippen molar-refractivity contribution in [1.29, 1.82) is 0 Å². The Labute approximate surface area is 39.1 Å². The van der Waals surface area contributed by atoms with E-state index < -0.39 is 0 Å². The maximum atomic E-state index is 2.32. The summed E-state index contributed by atoms with van der Waals surface area (Å²) in [7, 11) is 0. The fourth-order valence-electron chi connectivity index (χ4n) is 0.236. The SMILES string of the molecule is C1=C[As]=PC1. The van der Waals surface area contributed by atoms with E-state index in [2.05, 4.69) is 10.9 Å². The minimum atomic E-state index is 0.646. The van der Waals surface area contributed by atoms with Crippen molar-refractivity contribution in [1.82, 2.24) is 0 Å². The Kier molecular flexibility index (Phi) is 1.44. The van der Waals surface area contributed by atoms with Gasteiger partial charge in [-0.3, -0.25) is 0 Å². The quantitative estimate of drug-likeness (QED) is 0.354. The van der Waals surface area contributed by atoms with Gasteiger partial charge in [0.2, 0.25) is 0 Å². The predicted octanol–water partition coefficient (Wildman–Crippen LogP) is 1.08. The van der Waals surface area contributed by atoms with Gasteiger partial charge in [-0.2, -0.15) is 0 Å². The Hall–Kier alpha value is 0.598. The summed E-state index contributed by atoms with van der Waals surface area (Å²) in [4.78, 5) is 2.32. The van der Waals surface area contributed by atoms with E-state index in [1.54, 1.807) is 6.69 Å². The molecular formula is C3H4AsP. The summed E-state index contributed by atoms with van der Waals surface area (Å²) in [5.74, 6) is 0. The molecule has 0 aromatic rings. The summed E-state index contributed by atoms with van der Waals surface area (Å²) >= 11 is 0.646. The normalized spacial score (nSPS) is 24.0. The molecule has 0 aliphatic carbocycles. The third kappa shape index (κ3) is 0.991. The first kappa shape index (κ1) is 3.78. The molecule has 0 nitrogen and oxygen atoms in total. The molecule has 0 saturated carbocycles. The zero-order valence-electron chi connectivity index (χ0n) is 2.76. The molecule has 1 aliphatic heterocycles. The van der Waals surface area contributed by atoms with E-state index in [9.17, 15) is 0 Å². The average Bonchev–Trinajstić information content (AvgIpc) is 1.76. The van der Waals surface area contributed by atoms with Gasteiger partial charge in [-0.15, -0.1) is 0 Å². The third-order valence-electron chi connectivity index (χ3n) is 0.441. The minimum absolute atomic E-state index is 0.646. The van der Waals surface area contributed by atoms with Gasteiger partial charge >= 0.3 is 38.6 Å². The molecule has 1 aliphatic rings. The van der Waals surface area contributed by atoms with Gasteiger partial charge in [0, 0.05) is 0 Å². The molecule has 0 fully saturated rings. The van der Waals surface area contributed by atoms with Crippen molar-refractivity contribution in [3.8, 4) is 0 Å². The monoisotopic (exact) mass is 146 g/mol. The molecule has 26 valence electrons. The number of allylic oxidation sites excluding steroid dienone is 1. The topological polar surface area (TPSA) is 0 Å². The van der Waals surface area contributed by atoms with Crippen molar-refractivity contribution < 1.29 is 0 Å². The van der Waals surface area contributed by atoms with E-state index in [1.165, 1.54) is 6.16 Å². The molecule has 0 atom stereocenters. The Balaban J connectivity index is 2.61. The van der Waals surface area contributed by atoms with Crippen molar-refractivity contribution >= 4 is 21.5 Å². The second-order valence-corrected chi connectivity index (χ2v) is 5.56. The van der Waals surface area contributed by atoms with Crippen LogP contribution in [0.2, 0.25) is 0 Å². The molecule has 0 radical (unpaired) electrons. The van der Waals surface area contributed by atoms with Crippen LogP contribution in [0.3, 0.4) is 0 Å². The molecule has 0 bridgehead atoms. The fraction of sp³-hybridized carbons (Fsp3) is 0.333. The molecule has 0 aromatic carbocycles. The van der Waals surface area contributed by atoms with Gasteiger partial charge in [-0.05, 0) is 0 Å². The second-order valence-electron chi connectivity index (χ2n) is 0.824. The van der Waals surface area contributed by atoms with Crippen molar-refractivity contribution in [2.75, 3.05) is 6.16 Å². The summed E-state index contributed by atoms with van der Waals surface area (Å²) in [6, 6.07) is 0. The zero-order valence-corrected chi connectivity index (χ0v) is 5.53. The summed E-state index contributed by atoms with van der Waals surface area (Å²) in [6.07, 6.45) is 3.60. The van der Waals surface area contributed by atoms with Crippen LogP contribution in [0, 0.1) is 0 Å². The van der Waals surface area contributed by atoms with Gasteiger partial charge in [0.25, 0.3) is 0 Å². The molecule has 1 heterocycles. The number of hydrogen-bond donors (Lipinski definition) is 0. The molecule has 2 heteroatoms. The van der Waals surface area contributed by atoms with Gasteiger partial charge < -0.3 is 0 Å². The van der Waals surface area contributed by atoms with E-state index in [-0.39, 0.29) is 0 Å². The molecule has 0 aromatic heterocycles. The van der Waals surface area contributed by atoms with Crippen LogP contribution in [0.15, 0.2) is 10.9 Å². The Morgan fingerprint density at radius 3 is 3.00 bits per heavy atom. The van der Waals surface area contributed by atoms with E-state index in [0.717, 1.165) is 0 Å². The molecule has 0 unspecified atom stereocenters. The van der Waals surface area contributed by atoms with Crippen LogP contribution in [0.4, 0.5) is 0 Å². The molecule has 5 heavy (non-hydrogen) atoms. The molecule has 0 amide bonds. The standard InChI is InChI=1S/C3H4AsP/c1-2-4-5-3-1/h1-2H,3H2. The van der Waals surface area contributed by atoms with Crippen LogP contribution in [0.5, 0.6) is 0 Å². The van der Waals surface area contributed by atoms with Gasteiger partial charge in [0.15, 0.2) is 0 Å². The first-order valence-electron chi connectivity index (χ1n) is 1.52. The molecule has 1 rings (SSSR count). The summed E-state index contributed by atoms with van der Waals surface area (Å²) in [5.41, 5.74) is 0.